The molecule has 52 heteroatoms. The van der Waals surface area contributed by atoms with Gasteiger partial charge in [0.25, 0.3) is 39.1 Å². The molecule has 0 aromatic rings. The van der Waals surface area contributed by atoms with Crippen molar-refractivity contribution in [1.82, 2.24) is 16.0 Å². The molecule has 12 N–H and O–H groups in total. The van der Waals surface area contributed by atoms with Gasteiger partial charge in [0.15, 0.2) is 18.9 Å². The monoisotopic (exact) mass is 1750 g/mol. The number of amides is 3. The Kier molecular flexibility index (Phi) is 51.4. The molecule has 0 bridgehead atoms. The molecule has 47 nitrogen and oxygen atoms in total. The average molecular weight is 1750 g/mol. The Bertz CT molecular complexity index is 2770. The topological polar surface area (TPSA) is 673 Å². The first-order valence-electron chi connectivity index (χ1n) is 36.2. The summed E-state index contributed by atoms with van der Waals surface area (Å²) in [4.78, 5) is 97.6. The molecule has 668 valence electrons. The third-order valence-electron chi connectivity index (χ3n) is 15.8. The summed E-state index contributed by atoms with van der Waals surface area (Å²) in [6, 6.07) is -3.74. The Morgan fingerprint density at radius 3 is 0.805 bits per heavy atom. The molecular weight excluding hydrogens is 1630 g/mol. The van der Waals surface area contributed by atoms with E-state index in [4.69, 9.17) is 102 Å². The minimum Gasteiger partial charge on any atom is -0.756 e. The lowest BCUT2D eigenvalue weighted by molar-refractivity contribution is -0.273. The van der Waals surface area contributed by atoms with E-state index in [-0.39, 0.29) is 130 Å². The van der Waals surface area contributed by atoms with E-state index in [1.165, 1.54) is 6.92 Å². The van der Waals surface area contributed by atoms with Gasteiger partial charge >= 0.3 is 0 Å². The fourth-order valence-corrected chi connectivity index (χ4v) is 14.1. The summed E-state index contributed by atoms with van der Waals surface area (Å²) in [6.45, 7) is 0.126. The molecule has 3 fully saturated rings. The first-order valence-corrected chi connectivity index (χ1v) is 43.5. The highest BCUT2D eigenvalue weighted by atomic mass is 31.2. The first-order chi connectivity index (χ1) is 53.2. The maximum Gasteiger partial charge on any atom is 0.267 e. The maximum absolute atomic E-state index is 12.6. The molecule has 0 spiro atoms. The van der Waals surface area contributed by atoms with Crippen molar-refractivity contribution in [2.45, 2.75) is 178 Å². The quantitative estimate of drug-likeness (QED) is 0.0199. The molecule has 3 aliphatic heterocycles. The van der Waals surface area contributed by atoms with Crippen LogP contribution < -0.4 is 40.4 Å². The SMILES string of the molecule is CC(=O)N[C@H]1[C@H](OCCOCCOCCOP(=O)([O-])OCCCOCC(COCCCOP(=O)([O-])OCCCOP(=O)([O-])OCCO[C@@H]2O[C@H](CO)[C@H](O)[C@H](O)[C@H]2NC(C)=O)(COCCCOP(=O)([O-])OCCCOP(=O)([O-])OCCO[C@@H]2O[C@H](CO)[C@H](O)[C@H](O)[C@H]2NC(C)=O)COCCCC(C)(C)C)O[C@H](CO)[C@H](O)[C@@H]1O. The normalized spacial score (nSPS) is 27.6. The van der Waals surface area contributed by atoms with Gasteiger partial charge in [-0.25, -0.2) is 0 Å². The van der Waals surface area contributed by atoms with Gasteiger partial charge in [0.1, 0.15) is 73.1 Å². The number of aliphatic hydroxyl groups excluding tert-OH is 9. The first kappa shape index (κ1) is 105. The Hall–Kier alpha value is -1.88. The summed E-state index contributed by atoms with van der Waals surface area (Å²) >= 11 is 0. The predicted molar refractivity (Wildman–Crippen MR) is 371 cm³/mol. The van der Waals surface area contributed by atoms with E-state index >= 15 is 0 Å². The molecule has 0 aromatic heterocycles. The average Bonchev–Trinajstić information content (AvgIpc) is 0.816. The summed E-state index contributed by atoms with van der Waals surface area (Å²) < 4.78 is 179. The minimum atomic E-state index is -5.01. The van der Waals surface area contributed by atoms with E-state index in [2.05, 4.69) is 16.0 Å². The van der Waals surface area contributed by atoms with E-state index in [1.54, 1.807) is 0 Å². The zero-order chi connectivity index (χ0) is 84.3. The van der Waals surface area contributed by atoms with Crippen molar-refractivity contribution in [3.05, 3.63) is 0 Å². The van der Waals surface area contributed by atoms with Crippen LogP contribution in [0, 0.1) is 10.8 Å². The molecule has 3 amide bonds. The van der Waals surface area contributed by atoms with Gasteiger partial charge in [-0.15, -0.1) is 0 Å². The number of phosphoric acid groups is 5. The number of carbonyl (C=O) groups excluding carboxylic acids is 3. The predicted octanol–water partition coefficient (Wildman–Crippen LogP) is -5.76. The number of aliphatic hydroxyl groups is 9. The van der Waals surface area contributed by atoms with Crippen LogP contribution in [0.3, 0.4) is 0 Å². The lowest BCUT2D eigenvalue weighted by Crippen LogP contribution is -2.64. The number of nitrogens with one attached hydrogen (secondary N) is 3. The molecule has 0 aromatic carbocycles. The molecule has 3 heterocycles. The number of carbonyl (C=O) groups is 3. The number of rotatable bonds is 65. The molecule has 3 aliphatic rings. The molecule has 3 saturated heterocycles. The minimum absolute atomic E-state index is 0.00124. The zero-order valence-electron chi connectivity index (χ0n) is 64.0. The molecule has 0 radical (unpaired) electrons. The zero-order valence-corrected chi connectivity index (χ0v) is 68.4. The van der Waals surface area contributed by atoms with Crippen molar-refractivity contribution in [2.75, 3.05) is 185 Å². The van der Waals surface area contributed by atoms with Crippen molar-refractivity contribution >= 4 is 56.8 Å². The Morgan fingerprint density at radius 2 is 0.549 bits per heavy atom. The second-order valence-electron chi connectivity index (χ2n) is 26.8. The standard InChI is InChI=1S/C61H120N3O44P5/c1-42(68)62-48-54(74)51(71)45(35-65)106-57(48)93-29-27-87-25-26-88-28-32-103-111(81,82)98-20-10-17-92-41-61(38-89-14-7-13-60(4,5)6,39-90-15-8-18-96-109(77,78)99-21-11-23-101-112(83,84)104-33-30-94-58-49(63-43(2)69)55(75)52(72)46(36-66)107-58)40-91-16-9-19-97-110(79,80)100-22-12-24-102-113(85,86)105-34-31-95-59-50(64-44(3)70)56(76)53(73)47(37-67)108-59/h45-59,65-67,71-76H,7-41H2,1-6H3,(H,62,68)(H,63,69)(H,64,70)(H,77,78)(H,79,80)(H,81,82)(H,83,84)(H,85,86)/p-5/t45-,46-,47-,48-,49-,50-,51+,52+,53+,54-,55-,56-,57-,58-,59-/m1/s1. The van der Waals surface area contributed by atoms with E-state index in [0.29, 0.717) is 6.42 Å². The Labute approximate surface area is 654 Å². The highest BCUT2D eigenvalue weighted by molar-refractivity contribution is 7.46. The van der Waals surface area contributed by atoms with Gasteiger partial charge in [0.2, 0.25) is 17.7 Å². The molecule has 113 heavy (non-hydrogen) atoms. The van der Waals surface area contributed by atoms with Crippen LogP contribution in [-0.4, -0.2) is 341 Å². The Balaban J connectivity index is 1.52. The highest BCUT2D eigenvalue weighted by Crippen LogP contribution is 2.43. The van der Waals surface area contributed by atoms with Crippen molar-refractivity contribution in [3.63, 3.8) is 0 Å². The van der Waals surface area contributed by atoms with Crippen LogP contribution in [0.1, 0.15) is 86.5 Å². The molecule has 0 aliphatic carbocycles. The summed E-state index contributed by atoms with van der Waals surface area (Å²) in [5, 5.41) is 97.4. The van der Waals surface area contributed by atoms with E-state index < -0.39 is 247 Å². The van der Waals surface area contributed by atoms with Crippen LogP contribution in [0.5, 0.6) is 0 Å². The van der Waals surface area contributed by atoms with Gasteiger partial charge in [-0.2, -0.15) is 0 Å². The fourth-order valence-electron chi connectivity index (χ4n) is 10.3. The lowest BCUT2D eigenvalue weighted by Gasteiger charge is -2.42. The summed E-state index contributed by atoms with van der Waals surface area (Å²) in [5.74, 6) is -1.77. The molecule has 3 rings (SSSR count). The number of ether oxygens (including phenoxy) is 12. The molecule has 5 unspecified atom stereocenters. The molecular formula is C61H115N3O44P5-5. The van der Waals surface area contributed by atoms with Crippen LogP contribution in [0.4, 0.5) is 0 Å². The number of hydrogen-bond acceptors (Lipinski definition) is 44. The largest absolute Gasteiger partial charge is 0.756 e. The third kappa shape index (κ3) is 45.0. The van der Waals surface area contributed by atoms with Crippen LogP contribution >= 0.6 is 39.1 Å². The summed E-state index contributed by atoms with van der Waals surface area (Å²) in [7, 11) is -24.8. The number of hydrogen-bond donors (Lipinski definition) is 12. The van der Waals surface area contributed by atoms with Gasteiger partial charge in [-0.3, -0.25) is 37.2 Å². The second-order valence-corrected chi connectivity index (χ2v) is 33.9. The van der Waals surface area contributed by atoms with E-state index in [0.717, 1.165) is 20.3 Å². The molecule has 20 atom stereocenters. The number of phosphoric ester groups is 5. The highest BCUT2D eigenvalue weighted by Gasteiger charge is 2.48. The van der Waals surface area contributed by atoms with Gasteiger partial charge < -0.3 is 188 Å². The molecule has 0 saturated carbocycles. The van der Waals surface area contributed by atoms with Crippen molar-refractivity contribution in [2.24, 2.45) is 10.8 Å². The summed E-state index contributed by atoms with van der Waals surface area (Å²) in [6.07, 6.45) is -16.5. The van der Waals surface area contributed by atoms with Gasteiger partial charge in [-0.1, -0.05) is 20.8 Å². The van der Waals surface area contributed by atoms with Gasteiger partial charge in [0.05, 0.1) is 164 Å². The Morgan fingerprint density at radius 1 is 0.327 bits per heavy atom. The maximum atomic E-state index is 12.6. The lowest BCUT2D eigenvalue weighted by atomic mass is 9.90. The van der Waals surface area contributed by atoms with E-state index in [9.17, 15) is 108 Å². The van der Waals surface area contributed by atoms with Crippen molar-refractivity contribution in [1.29, 1.82) is 0 Å². The second kappa shape index (κ2) is 55.2. The van der Waals surface area contributed by atoms with Crippen molar-refractivity contribution < 1.29 is 210 Å². The fraction of sp³-hybridized carbons (Fsp3) is 0.951. The smallest absolute Gasteiger partial charge is 0.267 e. The van der Waals surface area contributed by atoms with Crippen LogP contribution in [0.15, 0.2) is 0 Å². The van der Waals surface area contributed by atoms with Crippen molar-refractivity contribution in [3.8, 4) is 0 Å². The van der Waals surface area contributed by atoms with Crippen LogP contribution in [0.2, 0.25) is 0 Å². The van der Waals surface area contributed by atoms with Crippen LogP contribution in [-0.2, 0) is 139 Å². The van der Waals surface area contributed by atoms with Crippen LogP contribution in [0.25, 0.3) is 0 Å². The summed E-state index contributed by atoms with van der Waals surface area (Å²) in [5.41, 5.74) is -1.21. The van der Waals surface area contributed by atoms with E-state index in [1.807, 2.05) is 20.8 Å². The van der Waals surface area contributed by atoms with Gasteiger partial charge in [-0.05, 0) is 50.4 Å². The third-order valence-corrected chi connectivity index (χ3v) is 20.8. The van der Waals surface area contributed by atoms with Gasteiger partial charge in [0, 0.05) is 47.2 Å².